The lowest BCUT2D eigenvalue weighted by Crippen LogP contribution is -2.42. The number of carbonyl (C=O) groups is 1. The molecule has 0 saturated carbocycles. The molecule has 0 N–H and O–H groups in total. The van der Waals surface area contributed by atoms with Crippen molar-refractivity contribution in [2.45, 2.75) is 38.2 Å². The number of ether oxygens (including phenoxy) is 1. The van der Waals surface area contributed by atoms with Gasteiger partial charge in [-0.15, -0.1) is 0 Å². The molecule has 18 heavy (non-hydrogen) atoms. The Hall–Kier alpha value is -0.930. The second-order valence-electron chi connectivity index (χ2n) is 4.87. The fourth-order valence-corrected chi connectivity index (χ4v) is 2.39. The van der Waals surface area contributed by atoms with E-state index in [0.29, 0.717) is 23.6 Å². The van der Waals surface area contributed by atoms with Crippen molar-refractivity contribution in [2.75, 3.05) is 6.61 Å². The van der Waals surface area contributed by atoms with Crippen LogP contribution >= 0.6 is 11.6 Å². The van der Waals surface area contributed by atoms with E-state index < -0.39 is 11.4 Å². The molecule has 4 heteroatoms. The fourth-order valence-electron chi connectivity index (χ4n) is 2.19. The van der Waals surface area contributed by atoms with E-state index in [1.807, 2.05) is 0 Å². The van der Waals surface area contributed by atoms with E-state index in [1.165, 1.54) is 18.2 Å². The second kappa shape index (κ2) is 5.37. The number of hydrogen-bond donors (Lipinski definition) is 0. The van der Waals surface area contributed by atoms with Crippen molar-refractivity contribution in [3.63, 3.8) is 0 Å². The summed E-state index contributed by atoms with van der Waals surface area (Å²) in [4.78, 5) is 12.2. The molecule has 0 aromatic heterocycles. The van der Waals surface area contributed by atoms with Crippen LogP contribution in [0.4, 0.5) is 4.39 Å². The van der Waals surface area contributed by atoms with Crippen LogP contribution in [-0.4, -0.2) is 18.0 Å². The third kappa shape index (κ3) is 2.90. The maximum atomic E-state index is 13.6. The van der Waals surface area contributed by atoms with Crippen molar-refractivity contribution in [1.29, 1.82) is 0 Å². The number of benzene rings is 1. The maximum Gasteiger partial charge on any atom is 0.168 e. The van der Waals surface area contributed by atoms with Gasteiger partial charge in [0.05, 0.1) is 0 Å². The van der Waals surface area contributed by atoms with Gasteiger partial charge < -0.3 is 4.74 Å². The summed E-state index contributed by atoms with van der Waals surface area (Å²) in [7, 11) is 0. The topological polar surface area (TPSA) is 26.3 Å². The summed E-state index contributed by atoms with van der Waals surface area (Å²) in [6.07, 6.45) is 2.69. The first kappa shape index (κ1) is 13.5. The molecule has 2 rings (SSSR count). The molecular weight excluding hydrogens is 255 g/mol. The first-order valence-electron chi connectivity index (χ1n) is 6.12. The molecule has 1 unspecified atom stereocenters. The Bertz CT molecular complexity index is 453. The van der Waals surface area contributed by atoms with Crippen molar-refractivity contribution >= 4 is 17.4 Å². The first-order chi connectivity index (χ1) is 8.51. The third-order valence-electron chi connectivity index (χ3n) is 3.42. The summed E-state index contributed by atoms with van der Waals surface area (Å²) in [5.41, 5.74) is -0.435. The van der Waals surface area contributed by atoms with E-state index in [4.69, 9.17) is 16.3 Å². The Morgan fingerprint density at radius 3 is 2.94 bits per heavy atom. The highest BCUT2D eigenvalue weighted by molar-refractivity contribution is 6.30. The monoisotopic (exact) mass is 270 g/mol. The lowest BCUT2D eigenvalue weighted by atomic mass is 9.88. The molecule has 0 aliphatic carbocycles. The van der Waals surface area contributed by atoms with Gasteiger partial charge in [-0.05, 0) is 49.9 Å². The van der Waals surface area contributed by atoms with E-state index in [9.17, 15) is 9.18 Å². The average Bonchev–Trinajstić information content (AvgIpc) is 2.35. The van der Waals surface area contributed by atoms with Crippen molar-refractivity contribution in [3.8, 4) is 0 Å². The lowest BCUT2D eigenvalue weighted by molar-refractivity contribution is -0.147. The van der Waals surface area contributed by atoms with E-state index in [1.54, 1.807) is 6.92 Å². The minimum absolute atomic E-state index is 0.0306. The predicted molar refractivity (Wildman–Crippen MR) is 68.3 cm³/mol. The maximum absolute atomic E-state index is 13.6. The summed E-state index contributed by atoms with van der Waals surface area (Å²) < 4.78 is 19.1. The Morgan fingerprint density at radius 1 is 1.50 bits per heavy atom. The molecule has 1 aliphatic heterocycles. The molecule has 98 valence electrons. The van der Waals surface area contributed by atoms with Gasteiger partial charge in [0.15, 0.2) is 5.78 Å². The van der Waals surface area contributed by atoms with Crippen LogP contribution in [-0.2, 0) is 16.0 Å². The number of rotatable bonds is 3. The van der Waals surface area contributed by atoms with Gasteiger partial charge in [0.25, 0.3) is 0 Å². The standard InChI is InChI=1S/C14H16ClFO2/c1-14(6-2-3-7-18-14)13(17)9-10-8-11(15)4-5-12(10)16/h4-5,8H,2-3,6-7,9H2,1H3. The number of carbonyl (C=O) groups excluding carboxylic acids is 1. The molecule has 1 saturated heterocycles. The van der Waals surface area contributed by atoms with Crippen LogP contribution in [0.5, 0.6) is 0 Å². The molecule has 0 bridgehead atoms. The van der Waals surface area contributed by atoms with Crippen molar-refractivity contribution in [1.82, 2.24) is 0 Å². The second-order valence-corrected chi connectivity index (χ2v) is 5.31. The van der Waals surface area contributed by atoms with Gasteiger partial charge in [0, 0.05) is 18.1 Å². The quantitative estimate of drug-likeness (QED) is 0.840. The van der Waals surface area contributed by atoms with Crippen molar-refractivity contribution < 1.29 is 13.9 Å². The van der Waals surface area contributed by atoms with E-state index in [-0.39, 0.29) is 12.2 Å². The molecule has 1 atom stereocenters. The molecule has 0 amide bonds. The highest BCUT2D eigenvalue weighted by Gasteiger charge is 2.35. The number of halogens is 2. The molecular formula is C14H16ClFO2. The van der Waals surface area contributed by atoms with Gasteiger partial charge in [-0.1, -0.05) is 11.6 Å². The summed E-state index contributed by atoms with van der Waals surface area (Å²) in [5, 5.41) is 0.439. The normalized spacial score (nSPS) is 23.9. The molecule has 1 fully saturated rings. The van der Waals surface area contributed by atoms with Crippen LogP contribution in [0.25, 0.3) is 0 Å². The van der Waals surface area contributed by atoms with E-state index in [0.717, 1.165) is 12.8 Å². The summed E-state index contributed by atoms with van der Waals surface area (Å²) in [6, 6.07) is 4.26. The third-order valence-corrected chi connectivity index (χ3v) is 3.65. The summed E-state index contributed by atoms with van der Waals surface area (Å²) in [6.45, 7) is 2.39. The van der Waals surface area contributed by atoms with Gasteiger partial charge in [-0.3, -0.25) is 4.79 Å². The smallest absolute Gasteiger partial charge is 0.168 e. The summed E-state index contributed by atoms with van der Waals surface area (Å²) >= 11 is 5.81. The van der Waals surface area contributed by atoms with Gasteiger partial charge in [-0.25, -0.2) is 4.39 Å². The van der Waals surface area contributed by atoms with Gasteiger partial charge in [0.1, 0.15) is 11.4 Å². The van der Waals surface area contributed by atoms with Crippen molar-refractivity contribution in [3.05, 3.63) is 34.6 Å². The minimum Gasteiger partial charge on any atom is -0.367 e. The molecule has 1 aliphatic rings. The van der Waals surface area contributed by atoms with Gasteiger partial charge >= 0.3 is 0 Å². The van der Waals surface area contributed by atoms with Crippen LogP contribution in [0.2, 0.25) is 5.02 Å². The number of hydrogen-bond acceptors (Lipinski definition) is 2. The number of ketones is 1. The van der Waals surface area contributed by atoms with Crippen LogP contribution < -0.4 is 0 Å². The fraction of sp³-hybridized carbons (Fsp3) is 0.500. The van der Waals surface area contributed by atoms with Gasteiger partial charge in [0.2, 0.25) is 0 Å². The molecule has 1 aromatic carbocycles. The molecule has 1 heterocycles. The van der Waals surface area contributed by atoms with Gasteiger partial charge in [-0.2, -0.15) is 0 Å². The van der Waals surface area contributed by atoms with Crippen LogP contribution in [0.15, 0.2) is 18.2 Å². The first-order valence-corrected chi connectivity index (χ1v) is 6.50. The highest BCUT2D eigenvalue weighted by Crippen LogP contribution is 2.27. The Labute approximate surface area is 111 Å². The van der Waals surface area contributed by atoms with Crippen LogP contribution in [0.1, 0.15) is 31.7 Å². The Balaban J connectivity index is 2.13. The Morgan fingerprint density at radius 2 is 2.28 bits per heavy atom. The average molecular weight is 271 g/mol. The lowest BCUT2D eigenvalue weighted by Gasteiger charge is -2.32. The molecule has 1 aromatic rings. The predicted octanol–water partition coefficient (Wildman–Crippen LogP) is 3.55. The van der Waals surface area contributed by atoms with Crippen molar-refractivity contribution in [2.24, 2.45) is 0 Å². The molecule has 2 nitrogen and oxygen atoms in total. The largest absolute Gasteiger partial charge is 0.367 e. The zero-order valence-electron chi connectivity index (χ0n) is 10.3. The zero-order chi connectivity index (χ0) is 13.2. The van der Waals surface area contributed by atoms with Crippen LogP contribution in [0.3, 0.4) is 0 Å². The zero-order valence-corrected chi connectivity index (χ0v) is 11.1. The van der Waals surface area contributed by atoms with E-state index in [2.05, 4.69) is 0 Å². The highest BCUT2D eigenvalue weighted by atomic mass is 35.5. The van der Waals surface area contributed by atoms with Crippen LogP contribution in [0, 0.1) is 5.82 Å². The number of Topliss-reactive ketones (excluding diaryl/α,β-unsaturated/α-hetero) is 1. The Kier molecular flexibility index (Phi) is 4.03. The van der Waals surface area contributed by atoms with E-state index >= 15 is 0 Å². The molecule has 0 radical (unpaired) electrons. The molecule has 0 spiro atoms. The minimum atomic E-state index is -0.771. The SMILES string of the molecule is CC1(C(=O)Cc2cc(Cl)ccc2F)CCCCO1. The summed E-state index contributed by atoms with van der Waals surface area (Å²) in [5.74, 6) is -0.476.